The minimum atomic E-state index is -1.36. The number of hydrogen-bond acceptors (Lipinski definition) is 3. The predicted octanol–water partition coefficient (Wildman–Crippen LogP) is 11.9. The van der Waals surface area contributed by atoms with E-state index in [9.17, 15) is 0 Å². The van der Waals surface area contributed by atoms with E-state index in [1.807, 2.05) is 29.8 Å². The Kier molecular flexibility index (Phi) is 9.69. The smallest absolute Gasteiger partial charge is 0.0795 e. The van der Waals surface area contributed by atoms with E-state index in [0.717, 1.165) is 11.3 Å². The van der Waals surface area contributed by atoms with E-state index in [2.05, 4.69) is 144 Å². The van der Waals surface area contributed by atoms with Crippen LogP contribution in [-0.4, -0.2) is 18.0 Å². The van der Waals surface area contributed by atoms with Gasteiger partial charge in [0.2, 0.25) is 0 Å². The van der Waals surface area contributed by atoms with Crippen LogP contribution in [0.4, 0.5) is 0 Å². The third-order valence-corrected chi connectivity index (χ3v) is 11.9. The average Bonchev–Trinajstić information content (AvgIpc) is 3.43. The van der Waals surface area contributed by atoms with Crippen molar-refractivity contribution in [1.29, 1.82) is 0 Å². The minimum absolute atomic E-state index is 0. The molecule has 7 rings (SSSR count). The molecule has 4 aromatic carbocycles. The van der Waals surface area contributed by atoms with Gasteiger partial charge in [-0.2, -0.15) is 11.3 Å². The quantitative estimate of drug-likeness (QED) is 0.130. The summed E-state index contributed by atoms with van der Waals surface area (Å²) < 4.78 is 25.3. The Hall–Kier alpha value is -3.73. The summed E-state index contributed by atoms with van der Waals surface area (Å²) in [5.74, 6) is 0. The van der Waals surface area contributed by atoms with Crippen LogP contribution in [0.3, 0.4) is 0 Å². The molecule has 0 unspecified atom stereocenters. The molecule has 0 saturated heterocycles. The number of nitrogens with zero attached hydrogens (tertiary/aromatic N) is 2. The number of aryl methyl sites for hydroxylation is 3. The van der Waals surface area contributed by atoms with Gasteiger partial charge in [-0.05, 0) is 94.2 Å². The molecule has 0 saturated carbocycles. The maximum absolute atomic E-state index is 7.64. The fourth-order valence-electron chi connectivity index (χ4n) is 6.12. The predicted molar refractivity (Wildman–Crippen MR) is 211 cm³/mol. The van der Waals surface area contributed by atoms with Gasteiger partial charge >= 0.3 is 0 Å². The van der Waals surface area contributed by atoms with Crippen LogP contribution in [0.5, 0.6) is 0 Å². The van der Waals surface area contributed by atoms with Crippen molar-refractivity contribution in [2.24, 2.45) is 0 Å². The second-order valence-electron chi connectivity index (χ2n) is 14.7. The third kappa shape index (κ3) is 8.19. The Morgan fingerprint density at radius 2 is 1.49 bits per heavy atom. The number of thiophene rings is 1. The van der Waals surface area contributed by atoms with Gasteiger partial charge in [-0.25, -0.2) is 0 Å². The molecular weight excluding hydrogens is 809 g/mol. The van der Waals surface area contributed by atoms with Gasteiger partial charge in [0, 0.05) is 39.9 Å². The molecule has 0 aliphatic heterocycles. The van der Waals surface area contributed by atoms with Crippen molar-refractivity contribution in [2.75, 3.05) is 0 Å². The van der Waals surface area contributed by atoms with Crippen molar-refractivity contribution >= 4 is 44.8 Å². The van der Waals surface area contributed by atoms with Gasteiger partial charge < -0.3 is 9.97 Å². The van der Waals surface area contributed by atoms with Crippen LogP contribution >= 0.6 is 11.3 Å². The number of rotatable bonds is 4. The molecule has 7 aromatic rings. The zero-order valence-electron chi connectivity index (χ0n) is 32.7. The molecule has 251 valence electrons. The summed E-state index contributed by atoms with van der Waals surface area (Å²) in [6, 6.07) is 31.8. The van der Waals surface area contributed by atoms with Crippen LogP contribution in [-0.2, 0) is 25.5 Å². The number of hydrogen-bond donors (Lipinski definition) is 0. The largest absolute Gasteiger partial charge is 0.305 e. The van der Waals surface area contributed by atoms with Crippen molar-refractivity contribution in [1.82, 2.24) is 9.97 Å². The van der Waals surface area contributed by atoms with Gasteiger partial charge in [-0.3, -0.25) is 0 Å². The molecule has 49 heavy (non-hydrogen) atoms. The molecule has 0 spiro atoms. The Morgan fingerprint density at radius 3 is 2.14 bits per heavy atom. The molecule has 0 fully saturated rings. The monoisotopic (exact) mass is 856 g/mol. The second kappa shape index (κ2) is 14.6. The van der Waals surface area contributed by atoms with E-state index in [0.29, 0.717) is 11.3 Å². The van der Waals surface area contributed by atoms with Crippen LogP contribution in [0.2, 0.25) is 19.6 Å². The molecule has 0 aliphatic rings. The number of pyridine rings is 2. The van der Waals surface area contributed by atoms with Crippen LogP contribution in [0.15, 0.2) is 103 Å². The molecular formula is C44H44IrN2SSi-2. The Balaban J connectivity index is 0.000000225. The molecule has 0 amide bonds. The third-order valence-electron chi connectivity index (χ3n) is 8.73. The normalized spacial score (nSPS) is 12.5. The van der Waals surface area contributed by atoms with Crippen molar-refractivity contribution < 1.29 is 24.2 Å². The van der Waals surface area contributed by atoms with Gasteiger partial charge in [0.15, 0.2) is 0 Å². The fraction of sp³-hybridized carbons (Fsp3) is 0.227. The first kappa shape index (κ1) is 32.5. The number of fused-ring (bicyclic) bond motifs is 3. The molecule has 2 nitrogen and oxygen atoms in total. The van der Waals surface area contributed by atoms with Crippen molar-refractivity contribution in [2.45, 2.75) is 66.6 Å². The van der Waals surface area contributed by atoms with Gasteiger partial charge in [-0.1, -0.05) is 93.8 Å². The zero-order chi connectivity index (χ0) is 36.8. The first-order valence-corrected chi connectivity index (χ1v) is 20.7. The van der Waals surface area contributed by atoms with Gasteiger partial charge in [-0.15, -0.1) is 59.6 Å². The van der Waals surface area contributed by atoms with Gasteiger partial charge in [0.05, 0.1) is 8.07 Å². The molecule has 5 heteroatoms. The summed E-state index contributed by atoms with van der Waals surface area (Å²) >= 11 is 1.85. The van der Waals surface area contributed by atoms with Crippen molar-refractivity contribution in [3.05, 3.63) is 138 Å². The van der Waals surface area contributed by atoms with E-state index in [1.165, 1.54) is 64.8 Å². The number of benzene rings is 4. The van der Waals surface area contributed by atoms with Crippen LogP contribution in [0, 0.1) is 32.9 Å². The topological polar surface area (TPSA) is 25.8 Å². The van der Waals surface area contributed by atoms with E-state index in [-0.39, 0.29) is 43.6 Å². The van der Waals surface area contributed by atoms with Crippen molar-refractivity contribution in [3.8, 4) is 33.6 Å². The summed E-state index contributed by atoms with van der Waals surface area (Å²) in [4.78, 5) is 9.05. The number of aromatic nitrogens is 2. The molecule has 3 aromatic heterocycles. The summed E-state index contributed by atoms with van der Waals surface area (Å²) in [6.45, 7) is 20.1. The average molecular weight is 856 g/mol. The fourth-order valence-corrected chi connectivity index (χ4v) is 8.26. The van der Waals surface area contributed by atoms with Crippen LogP contribution in [0.25, 0.3) is 53.8 Å². The van der Waals surface area contributed by atoms with Crippen LogP contribution in [0.1, 0.15) is 47.1 Å². The Bertz CT molecular complexity index is 2360. The first-order valence-electron chi connectivity index (χ1n) is 17.9. The van der Waals surface area contributed by atoms with Gasteiger partial charge in [0.25, 0.3) is 0 Å². The minimum Gasteiger partial charge on any atom is -0.305 e. The molecule has 0 aliphatic carbocycles. The summed E-state index contributed by atoms with van der Waals surface area (Å²) in [6.07, 6.45) is 3.79. The molecule has 3 heterocycles. The molecule has 0 atom stereocenters. The van der Waals surface area contributed by atoms with E-state index in [1.54, 1.807) is 0 Å². The molecule has 1 radical (unpaired) electrons. The first-order chi connectivity index (χ1) is 24.0. The van der Waals surface area contributed by atoms with E-state index < -0.39 is 8.07 Å². The molecule has 0 bridgehead atoms. The Labute approximate surface area is 315 Å². The van der Waals surface area contributed by atoms with Crippen molar-refractivity contribution in [3.63, 3.8) is 0 Å². The van der Waals surface area contributed by atoms with E-state index >= 15 is 0 Å². The maximum atomic E-state index is 7.64. The van der Waals surface area contributed by atoms with Gasteiger partial charge in [0.1, 0.15) is 0 Å². The SMILES string of the molecule is Cc1cc(C)c(-c2ccc3c(c2)sc2c[c-]c(-c4cc(C(C)(C)C)ccn4)cc23)c(C)c1.[2H]c1[c-]c(-c2ccc([Si](C)(C)C)cn2)cc([2H])c1[2H].[Ir]. The standard InChI is InChI=1S/C30H28NS.C14H16NSi.Ir/c1-18-13-19(2)29(20(3)14-18)22-7-9-24-25-15-21(8-10-27(25)32-28(24)16-22)26-17-23(11-12-31-26)30(4,5)6;1-16(2,3)13-9-10-14(15-11-13)12-7-5-4-6-8-12;/h7,9-17H,1-6H3;4-7,9-11H,1-3H3;/q2*-1;/i;4D,5D,6D;. The molecule has 0 N–H and O–H groups in total. The maximum Gasteiger partial charge on any atom is 0.0795 e. The Morgan fingerprint density at radius 1 is 0.735 bits per heavy atom. The van der Waals surface area contributed by atoms with Crippen LogP contribution < -0.4 is 5.19 Å². The zero-order valence-corrected chi connectivity index (χ0v) is 33.9. The van der Waals surface area contributed by atoms with E-state index in [4.69, 9.17) is 4.11 Å². The summed E-state index contributed by atoms with van der Waals surface area (Å²) in [5.41, 5.74) is 11.4. The second-order valence-corrected chi connectivity index (χ2v) is 20.8. The summed E-state index contributed by atoms with van der Waals surface area (Å²) in [7, 11) is -1.36. The summed E-state index contributed by atoms with van der Waals surface area (Å²) in [5, 5.41) is 3.86.